The Bertz CT molecular complexity index is 921. The summed E-state index contributed by atoms with van der Waals surface area (Å²) in [6.45, 7) is -0.118. The third kappa shape index (κ3) is 3.84. The number of fused-ring (bicyclic) bond motifs is 1. The SMILES string of the molecule is Nc1nc(NCC(=O)Cc2cccc(C(F)(F)F)c2)c2cn[nH]c2n1. The summed E-state index contributed by atoms with van der Waals surface area (Å²) in [5.74, 6) is 0.0337. The molecule has 0 saturated heterocycles. The maximum atomic E-state index is 12.7. The molecule has 7 nitrogen and oxygen atoms in total. The summed E-state index contributed by atoms with van der Waals surface area (Å²) in [5, 5.41) is 9.83. The molecule has 3 rings (SSSR count). The van der Waals surface area contributed by atoms with E-state index in [2.05, 4.69) is 25.5 Å². The van der Waals surface area contributed by atoms with Crippen LogP contribution in [0.25, 0.3) is 11.0 Å². The number of benzene rings is 1. The number of aromatic amines is 1. The van der Waals surface area contributed by atoms with Crippen LogP contribution in [0, 0.1) is 0 Å². The van der Waals surface area contributed by atoms with Gasteiger partial charge in [-0.1, -0.05) is 18.2 Å². The van der Waals surface area contributed by atoms with Crippen LogP contribution < -0.4 is 11.1 Å². The van der Waals surface area contributed by atoms with Crippen LogP contribution in [0.2, 0.25) is 0 Å². The Kier molecular flexibility index (Phi) is 4.26. The summed E-state index contributed by atoms with van der Waals surface area (Å²) < 4.78 is 38.1. The second-order valence-electron chi connectivity index (χ2n) is 5.33. The van der Waals surface area contributed by atoms with Gasteiger partial charge in [-0.3, -0.25) is 9.89 Å². The predicted molar refractivity (Wildman–Crippen MR) is 84.7 cm³/mol. The highest BCUT2D eigenvalue weighted by Crippen LogP contribution is 2.29. The number of hydrogen-bond donors (Lipinski definition) is 3. The number of nitrogen functional groups attached to an aromatic ring is 1. The highest BCUT2D eigenvalue weighted by atomic mass is 19.4. The molecule has 3 aromatic rings. The number of Topliss-reactive ketones (excluding diaryl/α,β-unsaturated/α-hetero) is 1. The number of ketones is 1. The number of carbonyl (C=O) groups is 1. The third-order valence-corrected chi connectivity index (χ3v) is 3.44. The van der Waals surface area contributed by atoms with E-state index in [9.17, 15) is 18.0 Å². The molecule has 0 aliphatic heterocycles. The minimum absolute atomic E-state index is 0.00424. The van der Waals surface area contributed by atoms with Crippen molar-refractivity contribution in [3.63, 3.8) is 0 Å². The Labute approximate surface area is 139 Å². The number of anilines is 2. The first-order valence-corrected chi connectivity index (χ1v) is 7.21. The molecule has 2 aromatic heterocycles. The van der Waals surface area contributed by atoms with Gasteiger partial charge in [0.1, 0.15) is 5.82 Å². The molecule has 130 valence electrons. The molecule has 4 N–H and O–H groups in total. The molecule has 10 heteroatoms. The van der Waals surface area contributed by atoms with Crippen LogP contribution in [0.5, 0.6) is 0 Å². The minimum atomic E-state index is -4.44. The number of hydrogen-bond acceptors (Lipinski definition) is 6. The molecule has 0 bridgehead atoms. The fraction of sp³-hybridized carbons (Fsp3) is 0.200. The minimum Gasteiger partial charge on any atom is -0.368 e. The first-order valence-electron chi connectivity index (χ1n) is 7.21. The van der Waals surface area contributed by atoms with Crippen LogP contribution in [0.3, 0.4) is 0 Å². The number of nitrogens with zero attached hydrogens (tertiary/aromatic N) is 3. The van der Waals surface area contributed by atoms with Gasteiger partial charge in [0.25, 0.3) is 0 Å². The van der Waals surface area contributed by atoms with Crippen molar-refractivity contribution in [2.45, 2.75) is 12.6 Å². The molecule has 0 amide bonds. The second kappa shape index (κ2) is 6.38. The van der Waals surface area contributed by atoms with Gasteiger partial charge >= 0.3 is 6.18 Å². The molecule has 25 heavy (non-hydrogen) atoms. The first kappa shape index (κ1) is 16.7. The van der Waals surface area contributed by atoms with Crippen LogP contribution >= 0.6 is 0 Å². The summed E-state index contributed by atoms with van der Waals surface area (Å²) in [7, 11) is 0. The van der Waals surface area contributed by atoms with Crippen molar-refractivity contribution in [1.29, 1.82) is 0 Å². The average Bonchev–Trinajstić information content (AvgIpc) is 3.00. The molecule has 0 saturated carbocycles. The fourth-order valence-electron chi connectivity index (χ4n) is 2.32. The van der Waals surface area contributed by atoms with Gasteiger partial charge in [0.2, 0.25) is 5.95 Å². The summed E-state index contributed by atoms with van der Waals surface area (Å²) in [6.07, 6.45) is -3.09. The summed E-state index contributed by atoms with van der Waals surface area (Å²) in [4.78, 5) is 20.0. The van der Waals surface area contributed by atoms with Gasteiger partial charge in [0.15, 0.2) is 11.4 Å². The van der Waals surface area contributed by atoms with E-state index in [0.29, 0.717) is 16.9 Å². The lowest BCUT2D eigenvalue weighted by molar-refractivity contribution is -0.137. The van der Waals surface area contributed by atoms with Gasteiger partial charge in [0, 0.05) is 6.42 Å². The van der Waals surface area contributed by atoms with Gasteiger partial charge in [-0.05, 0) is 11.6 Å². The average molecular weight is 350 g/mol. The number of halogens is 3. The number of rotatable bonds is 5. The van der Waals surface area contributed by atoms with Crippen molar-refractivity contribution >= 4 is 28.6 Å². The third-order valence-electron chi connectivity index (χ3n) is 3.44. The molecule has 0 spiro atoms. The van der Waals surface area contributed by atoms with Gasteiger partial charge in [-0.2, -0.15) is 28.2 Å². The van der Waals surface area contributed by atoms with E-state index >= 15 is 0 Å². The molecule has 0 fully saturated rings. The van der Waals surface area contributed by atoms with E-state index in [1.54, 1.807) is 0 Å². The van der Waals surface area contributed by atoms with Crippen molar-refractivity contribution < 1.29 is 18.0 Å². The van der Waals surface area contributed by atoms with E-state index in [-0.39, 0.29) is 30.3 Å². The summed E-state index contributed by atoms with van der Waals surface area (Å²) in [5.41, 5.74) is 5.49. The van der Waals surface area contributed by atoms with Crippen LogP contribution in [0.15, 0.2) is 30.5 Å². The van der Waals surface area contributed by atoms with Crippen molar-refractivity contribution in [2.75, 3.05) is 17.6 Å². The lowest BCUT2D eigenvalue weighted by atomic mass is 10.1. The maximum Gasteiger partial charge on any atom is 0.416 e. The van der Waals surface area contributed by atoms with Gasteiger partial charge in [-0.25, -0.2) is 0 Å². The Morgan fingerprint density at radius 1 is 1.28 bits per heavy atom. The number of nitrogens with two attached hydrogens (primary N) is 1. The number of aromatic nitrogens is 4. The number of alkyl halides is 3. The zero-order valence-electron chi connectivity index (χ0n) is 12.8. The lowest BCUT2D eigenvalue weighted by Gasteiger charge is -2.09. The topological polar surface area (TPSA) is 110 Å². The summed E-state index contributed by atoms with van der Waals surface area (Å²) >= 11 is 0. The van der Waals surface area contributed by atoms with Gasteiger partial charge in [-0.15, -0.1) is 0 Å². The van der Waals surface area contributed by atoms with Crippen molar-refractivity contribution in [1.82, 2.24) is 20.2 Å². The lowest BCUT2D eigenvalue weighted by Crippen LogP contribution is -2.17. The zero-order valence-corrected chi connectivity index (χ0v) is 12.8. The predicted octanol–water partition coefficient (Wildman–Crippen LogP) is 2.18. The molecule has 2 heterocycles. The highest BCUT2D eigenvalue weighted by Gasteiger charge is 2.30. The molecule has 0 unspecified atom stereocenters. The normalized spacial score (nSPS) is 11.6. The van der Waals surface area contributed by atoms with Crippen LogP contribution in [-0.4, -0.2) is 32.5 Å². The standard InChI is InChI=1S/C15H13F3N6O/c16-15(17,18)9-3-1-2-8(4-9)5-10(25)6-20-12-11-7-21-24-13(11)23-14(19)22-12/h1-4,7H,5-6H2,(H4,19,20,21,22,23,24). The maximum absolute atomic E-state index is 12.7. The molecule has 0 atom stereocenters. The van der Waals surface area contributed by atoms with E-state index in [1.165, 1.54) is 18.3 Å². The quantitative estimate of drug-likeness (QED) is 0.651. The van der Waals surface area contributed by atoms with Crippen LogP contribution in [0.1, 0.15) is 11.1 Å². The largest absolute Gasteiger partial charge is 0.416 e. The number of H-pyrrole nitrogens is 1. The Balaban J connectivity index is 1.68. The van der Waals surface area contributed by atoms with Crippen molar-refractivity contribution in [2.24, 2.45) is 0 Å². The van der Waals surface area contributed by atoms with E-state index in [0.717, 1.165) is 12.1 Å². The molecule has 0 radical (unpaired) electrons. The smallest absolute Gasteiger partial charge is 0.368 e. The molecule has 0 aliphatic carbocycles. The molecular weight excluding hydrogens is 337 g/mol. The molecular formula is C15H13F3N6O. The fourth-order valence-corrected chi connectivity index (χ4v) is 2.32. The Hall–Kier alpha value is -3.17. The molecule has 1 aromatic carbocycles. The zero-order chi connectivity index (χ0) is 18.0. The van der Waals surface area contributed by atoms with Gasteiger partial charge in [0.05, 0.1) is 23.7 Å². The summed E-state index contributed by atoms with van der Waals surface area (Å²) in [6, 6.07) is 4.68. The number of carbonyl (C=O) groups excluding carboxylic acids is 1. The van der Waals surface area contributed by atoms with E-state index in [4.69, 9.17) is 5.73 Å². The Morgan fingerprint density at radius 3 is 2.84 bits per heavy atom. The van der Waals surface area contributed by atoms with Crippen LogP contribution in [-0.2, 0) is 17.4 Å². The number of nitrogens with one attached hydrogen (secondary N) is 2. The van der Waals surface area contributed by atoms with Crippen molar-refractivity contribution in [3.8, 4) is 0 Å². The Morgan fingerprint density at radius 2 is 2.08 bits per heavy atom. The van der Waals surface area contributed by atoms with E-state index < -0.39 is 11.7 Å². The monoisotopic (exact) mass is 350 g/mol. The van der Waals surface area contributed by atoms with Crippen LogP contribution in [0.4, 0.5) is 24.9 Å². The highest BCUT2D eigenvalue weighted by molar-refractivity contribution is 5.90. The van der Waals surface area contributed by atoms with E-state index in [1.807, 2.05) is 0 Å². The second-order valence-corrected chi connectivity index (χ2v) is 5.33. The first-order chi connectivity index (χ1) is 11.8. The molecule has 0 aliphatic rings. The van der Waals surface area contributed by atoms with Gasteiger partial charge < -0.3 is 11.1 Å². The van der Waals surface area contributed by atoms with Crippen molar-refractivity contribution in [3.05, 3.63) is 41.6 Å².